The highest BCUT2D eigenvalue weighted by atomic mass is 16.4. The van der Waals surface area contributed by atoms with Crippen LogP contribution in [0.5, 0.6) is 0 Å². The third-order valence-electron chi connectivity index (χ3n) is 5.16. The van der Waals surface area contributed by atoms with Crippen LogP contribution in [-0.2, 0) is 16.0 Å². The molecule has 0 saturated carbocycles. The topological polar surface area (TPSA) is 79.6 Å². The van der Waals surface area contributed by atoms with E-state index in [0.29, 0.717) is 30.5 Å². The van der Waals surface area contributed by atoms with Gasteiger partial charge in [0.25, 0.3) is 0 Å². The number of benzene rings is 1. The summed E-state index contributed by atoms with van der Waals surface area (Å²) in [5.74, 6) is -0.0684. The first-order valence-electron chi connectivity index (χ1n) is 9.53. The Morgan fingerprint density at radius 1 is 1.15 bits per heavy atom. The van der Waals surface area contributed by atoms with Crippen molar-refractivity contribution in [3.63, 3.8) is 0 Å². The molecule has 2 aromatic rings. The Kier molecular flexibility index (Phi) is 5.94. The summed E-state index contributed by atoms with van der Waals surface area (Å²) in [6.45, 7) is 5.81. The highest BCUT2D eigenvalue weighted by molar-refractivity contribution is 5.82. The molecule has 1 saturated heterocycles. The van der Waals surface area contributed by atoms with E-state index in [9.17, 15) is 14.4 Å². The molecular formula is C21H26N2O4. The number of carbonyl (C=O) groups excluding carboxylic acids is 2. The normalized spacial score (nSPS) is 13.9. The number of nitrogens with zero attached hydrogens (tertiary/aromatic N) is 1. The summed E-state index contributed by atoms with van der Waals surface area (Å²) < 4.78 is 5.42. The number of aryl methyl sites for hydroxylation is 2. The fourth-order valence-corrected chi connectivity index (χ4v) is 3.55. The number of fused-ring (bicyclic) bond motifs is 1. The van der Waals surface area contributed by atoms with Gasteiger partial charge in [-0.3, -0.25) is 9.59 Å². The molecular weight excluding hydrogens is 344 g/mol. The van der Waals surface area contributed by atoms with E-state index in [1.165, 1.54) is 0 Å². The lowest BCUT2D eigenvalue weighted by atomic mass is 10.0. The van der Waals surface area contributed by atoms with Crippen molar-refractivity contribution in [3.05, 3.63) is 45.3 Å². The summed E-state index contributed by atoms with van der Waals surface area (Å²) in [4.78, 5) is 38.2. The molecule has 1 aromatic heterocycles. The number of rotatable bonds is 6. The molecule has 1 N–H and O–H groups in total. The smallest absolute Gasteiger partial charge is 0.339 e. The molecule has 1 fully saturated rings. The van der Waals surface area contributed by atoms with E-state index < -0.39 is 0 Å². The summed E-state index contributed by atoms with van der Waals surface area (Å²) in [6.07, 6.45) is 2.96. The number of carbonyl (C=O) groups is 2. The van der Waals surface area contributed by atoms with E-state index >= 15 is 0 Å². The van der Waals surface area contributed by atoms with Gasteiger partial charge in [0.1, 0.15) is 5.58 Å². The van der Waals surface area contributed by atoms with Crippen LogP contribution in [0.1, 0.15) is 42.4 Å². The van der Waals surface area contributed by atoms with Crippen LogP contribution < -0.4 is 10.9 Å². The molecule has 1 aromatic carbocycles. The van der Waals surface area contributed by atoms with Gasteiger partial charge >= 0.3 is 5.63 Å². The van der Waals surface area contributed by atoms with E-state index in [0.717, 1.165) is 42.4 Å². The van der Waals surface area contributed by atoms with Crippen molar-refractivity contribution < 1.29 is 14.0 Å². The SMILES string of the molecule is Cc1ccc2c(C)c(CCC(=O)NCCC(=O)N3CCCC3)c(=O)oc2c1. The fraction of sp³-hybridized carbons (Fsp3) is 0.476. The lowest BCUT2D eigenvalue weighted by molar-refractivity contribution is -0.130. The second-order valence-corrected chi connectivity index (χ2v) is 7.18. The first kappa shape index (κ1) is 19.1. The molecule has 1 aliphatic rings. The molecule has 144 valence electrons. The van der Waals surface area contributed by atoms with Crippen molar-refractivity contribution in [1.82, 2.24) is 10.2 Å². The largest absolute Gasteiger partial charge is 0.423 e. The van der Waals surface area contributed by atoms with Crippen LogP contribution in [0.3, 0.4) is 0 Å². The maximum Gasteiger partial charge on any atom is 0.339 e. The number of hydrogen-bond donors (Lipinski definition) is 1. The Hall–Kier alpha value is -2.63. The van der Waals surface area contributed by atoms with Gasteiger partial charge in [-0.05, 0) is 50.3 Å². The van der Waals surface area contributed by atoms with Crippen LogP contribution in [0.4, 0.5) is 0 Å². The van der Waals surface area contributed by atoms with Crippen molar-refractivity contribution >= 4 is 22.8 Å². The zero-order chi connectivity index (χ0) is 19.4. The molecule has 0 unspecified atom stereocenters. The zero-order valence-electron chi connectivity index (χ0n) is 16.0. The van der Waals surface area contributed by atoms with Gasteiger partial charge in [0.2, 0.25) is 11.8 Å². The minimum Gasteiger partial charge on any atom is -0.423 e. The number of likely N-dealkylation sites (tertiary alicyclic amines) is 1. The molecule has 0 spiro atoms. The Morgan fingerprint density at radius 2 is 1.89 bits per heavy atom. The van der Waals surface area contributed by atoms with E-state index in [-0.39, 0.29) is 23.9 Å². The average molecular weight is 370 g/mol. The maximum atomic E-state index is 12.3. The predicted molar refractivity (Wildman–Crippen MR) is 104 cm³/mol. The first-order valence-corrected chi connectivity index (χ1v) is 9.53. The molecule has 0 aliphatic carbocycles. The Morgan fingerprint density at radius 3 is 2.63 bits per heavy atom. The molecule has 0 atom stereocenters. The Bertz CT molecular complexity index is 910. The first-order chi connectivity index (χ1) is 13.0. The molecule has 6 nitrogen and oxygen atoms in total. The minimum absolute atomic E-state index is 0.0918. The van der Waals surface area contributed by atoms with Crippen LogP contribution in [0.25, 0.3) is 11.0 Å². The van der Waals surface area contributed by atoms with Gasteiger partial charge in [0.05, 0.1) is 0 Å². The molecule has 27 heavy (non-hydrogen) atoms. The number of nitrogens with one attached hydrogen (secondary N) is 1. The Balaban J connectivity index is 1.55. The predicted octanol–water partition coefficient (Wildman–Crippen LogP) is 2.47. The Labute approximate surface area is 158 Å². The van der Waals surface area contributed by atoms with Gasteiger partial charge in [0.15, 0.2) is 0 Å². The third-order valence-corrected chi connectivity index (χ3v) is 5.16. The molecule has 3 rings (SSSR count). The molecule has 2 amide bonds. The van der Waals surface area contributed by atoms with Crippen molar-refractivity contribution in [2.45, 2.75) is 46.0 Å². The van der Waals surface area contributed by atoms with E-state index in [1.807, 2.05) is 36.9 Å². The van der Waals surface area contributed by atoms with Gasteiger partial charge in [-0.25, -0.2) is 4.79 Å². The summed E-state index contributed by atoms with van der Waals surface area (Å²) in [5, 5.41) is 3.67. The van der Waals surface area contributed by atoms with Crippen molar-refractivity contribution in [1.29, 1.82) is 0 Å². The summed E-state index contributed by atoms with van der Waals surface area (Å²) >= 11 is 0. The fourth-order valence-electron chi connectivity index (χ4n) is 3.55. The lowest BCUT2D eigenvalue weighted by Crippen LogP contribution is -2.32. The molecule has 6 heteroatoms. The maximum absolute atomic E-state index is 12.3. The van der Waals surface area contributed by atoms with E-state index in [2.05, 4.69) is 5.32 Å². The van der Waals surface area contributed by atoms with Gasteiger partial charge in [0, 0.05) is 43.4 Å². The van der Waals surface area contributed by atoms with Crippen LogP contribution in [0, 0.1) is 13.8 Å². The quantitative estimate of drug-likeness (QED) is 0.792. The van der Waals surface area contributed by atoms with Gasteiger partial charge < -0.3 is 14.6 Å². The third kappa shape index (κ3) is 4.56. The number of hydrogen-bond acceptors (Lipinski definition) is 4. The van der Waals surface area contributed by atoms with E-state index in [4.69, 9.17) is 4.42 Å². The monoisotopic (exact) mass is 370 g/mol. The van der Waals surface area contributed by atoms with Gasteiger partial charge in [-0.2, -0.15) is 0 Å². The zero-order valence-corrected chi connectivity index (χ0v) is 16.0. The molecule has 1 aliphatic heterocycles. The van der Waals surface area contributed by atoms with Crippen LogP contribution in [0.2, 0.25) is 0 Å². The molecule has 0 radical (unpaired) electrons. The highest BCUT2D eigenvalue weighted by Gasteiger charge is 2.18. The highest BCUT2D eigenvalue weighted by Crippen LogP contribution is 2.21. The van der Waals surface area contributed by atoms with Gasteiger partial charge in [-0.1, -0.05) is 12.1 Å². The average Bonchev–Trinajstić information content (AvgIpc) is 3.16. The van der Waals surface area contributed by atoms with Gasteiger partial charge in [-0.15, -0.1) is 0 Å². The minimum atomic E-state index is -0.386. The number of amides is 2. The standard InChI is InChI=1S/C21H26N2O4/c1-14-5-6-16-15(2)17(21(26)27-18(16)13-14)7-8-19(24)22-10-9-20(25)23-11-3-4-12-23/h5-6,13H,3-4,7-12H2,1-2H3,(H,22,24). The summed E-state index contributed by atoms with van der Waals surface area (Å²) in [7, 11) is 0. The van der Waals surface area contributed by atoms with Crippen LogP contribution in [-0.4, -0.2) is 36.3 Å². The van der Waals surface area contributed by atoms with Crippen molar-refractivity contribution in [2.75, 3.05) is 19.6 Å². The van der Waals surface area contributed by atoms with E-state index in [1.54, 1.807) is 0 Å². The van der Waals surface area contributed by atoms with Crippen molar-refractivity contribution in [3.8, 4) is 0 Å². The molecule has 2 heterocycles. The van der Waals surface area contributed by atoms with Crippen LogP contribution >= 0.6 is 0 Å². The summed E-state index contributed by atoms with van der Waals surface area (Å²) in [6, 6.07) is 5.76. The second kappa shape index (κ2) is 8.37. The second-order valence-electron chi connectivity index (χ2n) is 7.18. The van der Waals surface area contributed by atoms with Crippen LogP contribution in [0.15, 0.2) is 27.4 Å². The lowest BCUT2D eigenvalue weighted by Gasteiger charge is -2.15. The molecule has 0 bridgehead atoms. The van der Waals surface area contributed by atoms with Crippen molar-refractivity contribution in [2.24, 2.45) is 0 Å². The summed E-state index contributed by atoms with van der Waals surface area (Å²) in [5.41, 5.74) is 2.61.